The van der Waals surface area contributed by atoms with Crippen molar-refractivity contribution in [2.75, 3.05) is 7.05 Å². The van der Waals surface area contributed by atoms with Crippen molar-refractivity contribution in [2.45, 2.75) is 18.1 Å². The summed E-state index contributed by atoms with van der Waals surface area (Å²) in [5.74, 6) is -3.95. The summed E-state index contributed by atoms with van der Waals surface area (Å²) in [5, 5.41) is 7.12. The summed E-state index contributed by atoms with van der Waals surface area (Å²) < 4.78 is 75.8. The van der Waals surface area contributed by atoms with Crippen molar-refractivity contribution in [1.29, 1.82) is 0 Å². The molecule has 1 heterocycles. The number of carboxylic acid groups (broad SMARTS) is 1. The van der Waals surface area contributed by atoms with Crippen LogP contribution >= 0.6 is 0 Å². The van der Waals surface area contributed by atoms with Crippen molar-refractivity contribution in [3.05, 3.63) is 90.0 Å². The third kappa shape index (κ3) is 5.88. The van der Waals surface area contributed by atoms with Gasteiger partial charge in [-0.2, -0.15) is 13.2 Å². The normalized spacial score (nSPS) is 17.4. The summed E-state index contributed by atoms with van der Waals surface area (Å²) in [5.41, 5.74) is 5.83. The van der Waals surface area contributed by atoms with Gasteiger partial charge in [0.2, 0.25) is 0 Å². The first-order valence-corrected chi connectivity index (χ1v) is 10.6. The highest BCUT2D eigenvalue weighted by Gasteiger charge is 2.52. The highest BCUT2D eigenvalue weighted by molar-refractivity contribution is 6.09. The maximum absolute atomic E-state index is 13.4. The number of carbonyl (C=O) groups is 2. The number of likely N-dealkylation sites (N-methyl/N-ethyl adjacent to an activating group) is 1. The van der Waals surface area contributed by atoms with E-state index in [2.05, 4.69) is 9.73 Å². The highest BCUT2D eigenvalue weighted by atomic mass is 19.4. The van der Waals surface area contributed by atoms with Gasteiger partial charge in [-0.1, -0.05) is 66.7 Å². The maximum Gasteiger partial charge on any atom is 0.573 e. The van der Waals surface area contributed by atoms with Gasteiger partial charge in [0.05, 0.1) is 0 Å². The van der Waals surface area contributed by atoms with Gasteiger partial charge in [-0.3, -0.25) is 9.69 Å². The highest BCUT2D eigenvalue weighted by Crippen LogP contribution is 2.45. The second-order valence-electron chi connectivity index (χ2n) is 7.84. The molecule has 1 aliphatic heterocycles. The molecular weight excluding hydrogens is 520 g/mol. The lowest BCUT2D eigenvalue weighted by Crippen LogP contribution is -2.41. The number of carbonyl (C=O) groups excluding carboxylic acids is 1. The van der Waals surface area contributed by atoms with Crippen LogP contribution in [0.4, 0.5) is 26.3 Å². The van der Waals surface area contributed by atoms with E-state index in [9.17, 15) is 31.1 Å². The number of aliphatic carboxylic acids is 1. The number of nitrogens with two attached hydrogens (primary N) is 1. The number of rotatable bonds is 4. The molecule has 0 aliphatic carbocycles. The minimum atomic E-state index is -5.08. The van der Waals surface area contributed by atoms with Crippen LogP contribution in [0.2, 0.25) is 0 Å². The molecule has 0 saturated carbocycles. The van der Waals surface area contributed by atoms with E-state index in [4.69, 9.17) is 15.6 Å². The molecule has 0 radical (unpaired) electrons. The predicted molar refractivity (Wildman–Crippen MR) is 124 cm³/mol. The Morgan fingerprint density at radius 2 is 1.45 bits per heavy atom. The molecule has 4 rings (SSSR count). The summed E-state index contributed by atoms with van der Waals surface area (Å²) in [7, 11) is 1.43. The molecule has 1 unspecified atom stereocenters. The third-order valence-corrected chi connectivity index (χ3v) is 5.38. The summed E-state index contributed by atoms with van der Waals surface area (Å²) in [6, 6.07) is 21.6. The minimum absolute atomic E-state index is 0.0466. The average molecular weight is 539 g/mol. The molecule has 0 saturated heterocycles. The van der Waals surface area contributed by atoms with Crippen LogP contribution in [0.1, 0.15) is 11.1 Å². The number of benzene rings is 3. The molecule has 0 fully saturated rings. The molecule has 1 aliphatic rings. The Morgan fingerprint density at radius 1 is 0.921 bits per heavy atom. The number of aliphatic imine (C=N–C) groups is 1. The van der Waals surface area contributed by atoms with Crippen LogP contribution in [0.5, 0.6) is 5.75 Å². The molecular formula is C25H19F6N3O4. The number of carboxylic acids is 1. The van der Waals surface area contributed by atoms with Gasteiger partial charge in [-0.05, 0) is 28.8 Å². The van der Waals surface area contributed by atoms with E-state index in [1.54, 1.807) is 30.3 Å². The van der Waals surface area contributed by atoms with Crippen LogP contribution in [0.15, 0.2) is 83.9 Å². The van der Waals surface area contributed by atoms with Gasteiger partial charge in [0.25, 0.3) is 5.91 Å². The number of nitrogens with zero attached hydrogens (tertiary/aromatic N) is 2. The SMILES string of the molecule is CN1C(=O)C(c2ccccc2)(c2cc(-c3ccccc3)ccc2OC(F)(F)F)N=C1N.O=C(O)C(F)(F)F. The molecule has 1 atom stereocenters. The number of halogens is 6. The Hall–Kier alpha value is -4.55. The van der Waals surface area contributed by atoms with Crippen molar-refractivity contribution in [2.24, 2.45) is 10.7 Å². The largest absolute Gasteiger partial charge is 0.573 e. The quantitative estimate of drug-likeness (QED) is 0.459. The van der Waals surface area contributed by atoms with Crippen LogP contribution in [-0.4, -0.2) is 47.4 Å². The zero-order valence-corrected chi connectivity index (χ0v) is 19.4. The maximum atomic E-state index is 13.4. The fourth-order valence-electron chi connectivity index (χ4n) is 3.68. The first kappa shape index (κ1) is 28.0. The van der Waals surface area contributed by atoms with Gasteiger partial charge in [0.15, 0.2) is 11.5 Å². The molecule has 200 valence electrons. The lowest BCUT2D eigenvalue weighted by molar-refractivity contribution is -0.275. The first-order chi connectivity index (χ1) is 17.7. The Balaban J connectivity index is 0.000000505. The molecule has 7 nitrogen and oxygen atoms in total. The Morgan fingerprint density at radius 3 is 1.89 bits per heavy atom. The number of alkyl halides is 6. The number of ether oxygens (including phenoxy) is 1. The molecule has 1 amide bonds. The Bertz CT molecular complexity index is 1340. The number of hydrogen-bond donors (Lipinski definition) is 2. The lowest BCUT2D eigenvalue weighted by Gasteiger charge is -2.28. The van der Waals surface area contributed by atoms with E-state index in [1.165, 1.54) is 25.2 Å². The Labute approximate surface area is 211 Å². The fourth-order valence-corrected chi connectivity index (χ4v) is 3.68. The van der Waals surface area contributed by atoms with Gasteiger partial charge >= 0.3 is 18.5 Å². The molecule has 0 aromatic heterocycles. The van der Waals surface area contributed by atoms with Crippen molar-refractivity contribution in [1.82, 2.24) is 4.90 Å². The van der Waals surface area contributed by atoms with E-state index in [0.29, 0.717) is 11.1 Å². The number of hydrogen-bond acceptors (Lipinski definition) is 5. The summed E-state index contributed by atoms with van der Waals surface area (Å²) in [4.78, 5) is 27.8. The summed E-state index contributed by atoms with van der Waals surface area (Å²) >= 11 is 0. The molecule has 3 N–H and O–H groups in total. The van der Waals surface area contributed by atoms with Gasteiger partial charge in [-0.25, -0.2) is 9.79 Å². The number of guanidine groups is 1. The van der Waals surface area contributed by atoms with Crippen LogP contribution in [0.3, 0.4) is 0 Å². The molecule has 3 aromatic carbocycles. The Kier molecular flexibility index (Phi) is 7.70. The van der Waals surface area contributed by atoms with Gasteiger partial charge in [0, 0.05) is 12.6 Å². The van der Waals surface area contributed by atoms with Gasteiger partial charge < -0.3 is 15.6 Å². The van der Waals surface area contributed by atoms with Crippen LogP contribution in [0, 0.1) is 0 Å². The zero-order chi connectivity index (χ0) is 28.3. The van der Waals surface area contributed by atoms with E-state index >= 15 is 0 Å². The van der Waals surface area contributed by atoms with E-state index < -0.39 is 35.7 Å². The molecule has 3 aromatic rings. The molecule has 0 bridgehead atoms. The van der Waals surface area contributed by atoms with Crippen molar-refractivity contribution < 1.29 is 45.8 Å². The first-order valence-electron chi connectivity index (χ1n) is 10.6. The van der Waals surface area contributed by atoms with Crippen molar-refractivity contribution in [3.63, 3.8) is 0 Å². The second-order valence-corrected chi connectivity index (χ2v) is 7.84. The second kappa shape index (κ2) is 10.4. The third-order valence-electron chi connectivity index (χ3n) is 5.38. The van der Waals surface area contributed by atoms with E-state index in [1.807, 2.05) is 30.3 Å². The smallest absolute Gasteiger partial charge is 0.475 e. The lowest BCUT2D eigenvalue weighted by atomic mass is 9.81. The van der Waals surface area contributed by atoms with E-state index in [-0.39, 0.29) is 11.5 Å². The number of amides is 1. The standard InChI is InChI=1S/C23H18F3N3O2.C2HF3O2/c1-29-20(30)22(28-21(29)27,17-10-6-3-7-11-17)18-14-16(15-8-4-2-5-9-15)12-13-19(18)31-23(24,25)26;3-2(4,5)1(6)7/h2-14H,1H3,(H2,27,28);(H,6,7). The molecule has 13 heteroatoms. The summed E-state index contributed by atoms with van der Waals surface area (Å²) in [6.45, 7) is 0. The molecule has 0 spiro atoms. The van der Waals surface area contributed by atoms with Gasteiger partial charge in [0.1, 0.15) is 5.75 Å². The minimum Gasteiger partial charge on any atom is -0.475 e. The predicted octanol–water partition coefficient (Wildman–Crippen LogP) is 4.92. The van der Waals surface area contributed by atoms with Crippen LogP contribution < -0.4 is 10.5 Å². The van der Waals surface area contributed by atoms with Crippen molar-refractivity contribution in [3.8, 4) is 16.9 Å². The molecule has 38 heavy (non-hydrogen) atoms. The monoisotopic (exact) mass is 539 g/mol. The average Bonchev–Trinajstić information content (AvgIpc) is 3.09. The summed E-state index contributed by atoms with van der Waals surface area (Å²) in [6.07, 6.45) is -10.0. The fraction of sp³-hybridized carbons (Fsp3) is 0.160. The van der Waals surface area contributed by atoms with Crippen molar-refractivity contribution >= 4 is 17.8 Å². The topological polar surface area (TPSA) is 105 Å². The van der Waals surface area contributed by atoms with E-state index in [0.717, 1.165) is 10.5 Å². The van der Waals surface area contributed by atoms with Crippen LogP contribution in [-0.2, 0) is 15.1 Å². The van der Waals surface area contributed by atoms with Gasteiger partial charge in [-0.15, -0.1) is 13.2 Å². The van der Waals surface area contributed by atoms with Crippen LogP contribution in [0.25, 0.3) is 11.1 Å². The zero-order valence-electron chi connectivity index (χ0n) is 19.4.